The molecule has 16 heavy (non-hydrogen) atoms. The van der Waals surface area contributed by atoms with Gasteiger partial charge in [-0.05, 0) is 30.7 Å². The Morgan fingerprint density at radius 3 is 2.81 bits per heavy atom. The third-order valence-corrected chi connectivity index (χ3v) is 4.33. The van der Waals surface area contributed by atoms with Gasteiger partial charge in [-0.25, -0.2) is 13.1 Å². The molecule has 0 atom stereocenters. The van der Waals surface area contributed by atoms with Crippen LogP contribution in [-0.4, -0.2) is 36.9 Å². The van der Waals surface area contributed by atoms with E-state index >= 15 is 0 Å². The van der Waals surface area contributed by atoms with Gasteiger partial charge in [0.15, 0.2) is 5.03 Å². The summed E-state index contributed by atoms with van der Waals surface area (Å²) in [5, 5.41) is 15.0. The molecule has 1 heterocycles. The lowest BCUT2D eigenvalue weighted by atomic mass is 10.0. The zero-order valence-electron chi connectivity index (χ0n) is 8.81. The van der Waals surface area contributed by atoms with E-state index in [2.05, 4.69) is 14.9 Å². The van der Waals surface area contributed by atoms with Gasteiger partial charge in [-0.1, -0.05) is 0 Å². The van der Waals surface area contributed by atoms with E-state index in [0.29, 0.717) is 13.0 Å². The van der Waals surface area contributed by atoms with Crippen LogP contribution < -0.4 is 4.72 Å². The predicted molar refractivity (Wildman–Crippen MR) is 57.1 cm³/mol. The van der Waals surface area contributed by atoms with Crippen LogP contribution in [0.1, 0.15) is 19.3 Å². The van der Waals surface area contributed by atoms with Gasteiger partial charge in [-0.15, -0.1) is 0 Å². The molecule has 90 valence electrons. The van der Waals surface area contributed by atoms with Crippen LogP contribution in [0, 0.1) is 5.41 Å². The third kappa shape index (κ3) is 2.42. The van der Waals surface area contributed by atoms with Crippen molar-refractivity contribution >= 4 is 10.0 Å². The highest BCUT2D eigenvalue weighted by atomic mass is 32.2. The van der Waals surface area contributed by atoms with Crippen molar-refractivity contribution in [1.29, 1.82) is 0 Å². The Bertz CT molecular complexity index is 437. The summed E-state index contributed by atoms with van der Waals surface area (Å²) in [5.41, 5.74) is -0.0260. The molecule has 0 unspecified atom stereocenters. The van der Waals surface area contributed by atoms with E-state index in [-0.39, 0.29) is 17.0 Å². The van der Waals surface area contributed by atoms with Crippen molar-refractivity contribution in [2.24, 2.45) is 5.41 Å². The normalized spacial score (nSPS) is 18.6. The maximum absolute atomic E-state index is 11.7. The van der Waals surface area contributed by atoms with E-state index in [1.807, 2.05) is 0 Å². The van der Waals surface area contributed by atoms with Gasteiger partial charge in [-0.3, -0.25) is 5.10 Å². The van der Waals surface area contributed by atoms with E-state index in [1.54, 1.807) is 0 Å². The molecule has 0 aliphatic heterocycles. The Hall–Kier alpha value is -0.920. The number of H-pyrrole nitrogens is 1. The molecule has 1 fully saturated rings. The molecule has 0 bridgehead atoms. The van der Waals surface area contributed by atoms with E-state index in [4.69, 9.17) is 5.11 Å². The van der Waals surface area contributed by atoms with Gasteiger partial charge in [-0.2, -0.15) is 5.10 Å². The topological polar surface area (TPSA) is 95.1 Å². The number of aliphatic hydroxyl groups excluding tert-OH is 1. The summed E-state index contributed by atoms with van der Waals surface area (Å²) >= 11 is 0. The standard InChI is InChI=1S/C9H15N3O3S/c13-6-4-9(2-3-9)7-11-16(14,15)8-1-5-10-12-8/h1,5,11,13H,2-4,6-7H2,(H,10,12). The summed E-state index contributed by atoms with van der Waals surface area (Å²) in [5.74, 6) is 0. The highest BCUT2D eigenvalue weighted by Crippen LogP contribution is 2.48. The molecule has 1 aliphatic rings. The van der Waals surface area contributed by atoms with Crippen molar-refractivity contribution in [3.05, 3.63) is 12.3 Å². The first-order valence-corrected chi connectivity index (χ1v) is 6.66. The van der Waals surface area contributed by atoms with Gasteiger partial charge in [0.25, 0.3) is 10.0 Å². The summed E-state index contributed by atoms with van der Waals surface area (Å²) in [6.07, 6.45) is 3.99. The molecular formula is C9H15N3O3S. The maximum Gasteiger partial charge on any atom is 0.257 e. The molecule has 1 aromatic heterocycles. The van der Waals surface area contributed by atoms with Crippen LogP contribution in [0.4, 0.5) is 0 Å². The molecule has 2 rings (SSSR count). The van der Waals surface area contributed by atoms with Gasteiger partial charge in [0.1, 0.15) is 0 Å². The lowest BCUT2D eigenvalue weighted by molar-refractivity contribution is 0.249. The number of hydrogen-bond donors (Lipinski definition) is 3. The number of nitrogens with zero attached hydrogens (tertiary/aromatic N) is 1. The summed E-state index contributed by atoms with van der Waals surface area (Å²) in [6, 6.07) is 1.41. The minimum atomic E-state index is -3.48. The van der Waals surface area contributed by atoms with Crippen molar-refractivity contribution in [3.63, 3.8) is 0 Å². The van der Waals surface area contributed by atoms with Crippen molar-refractivity contribution in [2.75, 3.05) is 13.2 Å². The predicted octanol–water partition coefficient (Wildman–Crippen LogP) is -0.149. The first kappa shape index (κ1) is 11.6. The van der Waals surface area contributed by atoms with E-state index < -0.39 is 10.0 Å². The van der Waals surface area contributed by atoms with Gasteiger partial charge >= 0.3 is 0 Å². The molecule has 1 saturated carbocycles. The quantitative estimate of drug-likeness (QED) is 0.649. The Balaban J connectivity index is 1.96. The monoisotopic (exact) mass is 245 g/mol. The number of aromatic nitrogens is 2. The number of nitrogens with one attached hydrogen (secondary N) is 2. The minimum Gasteiger partial charge on any atom is -0.396 e. The van der Waals surface area contributed by atoms with Crippen molar-refractivity contribution in [1.82, 2.24) is 14.9 Å². The van der Waals surface area contributed by atoms with Crippen LogP contribution in [0.3, 0.4) is 0 Å². The number of aliphatic hydroxyl groups is 1. The van der Waals surface area contributed by atoms with Crippen molar-refractivity contribution < 1.29 is 13.5 Å². The molecule has 1 aliphatic carbocycles. The number of aromatic amines is 1. The lowest BCUT2D eigenvalue weighted by Crippen LogP contribution is -2.31. The van der Waals surface area contributed by atoms with Gasteiger partial charge in [0.05, 0.1) is 6.20 Å². The molecule has 0 radical (unpaired) electrons. The van der Waals surface area contributed by atoms with E-state index in [9.17, 15) is 8.42 Å². The molecule has 6 nitrogen and oxygen atoms in total. The fourth-order valence-corrected chi connectivity index (χ4v) is 2.71. The zero-order valence-corrected chi connectivity index (χ0v) is 9.63. The summed E-state index contributed by atoms with van der Waals surface area (Å²) in [4.78, 5) is 0. The fraction of sp³-hybridized carbons (Fsp3) is 0.667. The van der Waals surface area contributed by atoms with Crippen LogP contribution >= 0.6 is 0 Å². The highest BCUT2D eigenvalue weighted by molar-refractivity contribution is 7.89. The Kier molecular flexibility index (Phi) is 3.00. The molecule has 0 amide bonds. The third-order valence-electron chi connectivity index (χ3n) is 3.00. The molecule has 0 spiro atoms. The Morgan fingerprint density at radius 2 is 2.31 bits per heavy atom. The molecule has 0 aromatic carbocycles. The average molecular weight is 245 g/mol. The van der Waals surface area contributed by atoms with Gasteiger partial charge in [0.2, 0.25) is 0 Å². The first-order chi connectivity index (χ1) is 7.58. The SMILES string of the molecule is O=S(=O)(NCC1(CCO)CC1)c1ccn[nH]1. The molecular weight excluding hydrogens is 230 g/mol. The summed E-state index contributed by atoms with van der Waals surface area (Å²) in [6.45, 7) is 0.487. The lowest BCUT2D eigenvalue weighted by Gasteiger charge is -2.13. The van der Waals surface area contributed by atoms with Crippen LogP contribution in [0.5, 0.6) is 0 Å². The minimum absolute atomic E-state index is 0.0260. The fourth-order valence-electron chi connectivity index (χ4n) is 1.65. The Labute approximate surface area is 94.1 Å². The smallest absolute Gasteiger partial charge is 0.257 e. The first-order valence-electron chi connectivity index (χ1n) is 5.18. The molecule has 3 N–H and O–H groups in total. The van der Waals surface area contributed by atoms with Gasteiger partial charge in [0, 0.05) is 13.2 Å². The van der Waals surface area contributed by atoms with Crippen LogP contribution in [0.2, 0.25) is 0 Å². The van der Waals surface area contributed by atoms with Crippen molar-refractivity contribution in [3.8, 4) is 0 Å². The van der Waals surface area contributed by atoms with Crippen molar-refractivity contribution in [2.45, 2.75) is 24.3 Å². The van der Waals surface area contributed by atoms with E-state index in [0.717, 1.165) is 12.8 Å². The van der Waals surface area contributed by atoms with Crippen LogP contribution in [0.25, 0.3) is 0 Å². The van der Waals surface area contributed by atoms with Crippen LogP contribution in [-0.2, 0) is 10.0 Å². The number of sulfonamides is 1. The second kappa shape index (κ2) is 4.15. The second-order valence-corrected chi connectivity index (χ2v) is 5.95. The molecule has 7 heteroatoms. The summed E-state index contributed by atoms with van der Waals surface area (Å²) in [7, 11) is -3.48. The second-order valence-electron chi connectivity index (χ2n) is 4.22. The maximum atomic E-state index is 11.7. The van der Waals surface area contributed by atoms with Gasteiger partial charge < -0.3 is 5.11 Å². The summed E-state index contributed by atoms with van der Waals surface area (Å²) < 4.78 is 26.0. The molecule has 1 aromatic rings. The average Bonchev–Trinajstić information content (AvgIpc) is 2.81. The Morgan fingerprint density at radius 1 is 1.56 bits per heavy atom. The largest absolute Gasteiger partial charge is 0.396 e. The van der Waals surface area contributed by atoms with E-state index in [1.165, 1.54) is 12.3 Å². The molecule has 0 saturated heterocycles. The highest BCUT2D eigenvalue weighted by Gasteiger charge is 2.42. The number of hydrogen-bond acceptors (Lipinski definition) is 4. The number of rotatable bonds is 6. The van der Waals surface area contributed by atoms with Crippen LogP contribution in [0.15, 0.2) is 17.3 Å². The zero-order chi connectivity index (χ0) is 11.6.